The van der Waals surface area contributed by atoms with Crippen molar-refractivity contribution in [3.63, 3.8) is 0 Å². The average molecular weight is 346 g/mol. The van der Waals surface area contributed by atoms with Gasteiger partial charge in [-0.05, 0) is 73.2 Å². The van der Waals surface area contributed by atoms with Crippen LogP contribution in [0, 0.1) is 6.92 Å². The van der Waals surface area contributed by atoms with Crippen molar-refractivity contribution in [2.75, 3.05) is 5.32 Å². The maximum absolute atomic E-state index is 12.3. The number of amides is 2. The zero-order valence-electron chi connectivity index (χ0n) is 14.2. The molecule has 5 nitrogen and oxygen atoms in total. The summed E-state index contributed by atoms with van der Waals surface area (Å²) >= 11 is 0. The van der Waals surface area contributed by atoms with E-state index in [-0.39, 0.29) is 5.91 Å². The molecule has 0 aliphatic carbocycles. The van der Waals surface area contributed by atoms with E-state index in [9.17, 15) is 9.59 Å². The summed E-state index contributed by atoms with van der Waals surface area (Å²) in [7, 11) is 0. The summed E-state index contributed by atoms with van der Waals surface area (Å²) in [6.07, 6.45) is 0. The van der Waals surface area contributed by atoms with Crippen LogP contribution in [0.4, 0.5) is 5.69 Å². The Morgan fingerprint density at radius 2 is 1.50 bits per heavy atom. The fourth-order valence-corrected chi connectivity index (χ4v) is 2.41. The van der Waals surface area contributed by atoms with Crippen LogP contribution in [0.5, 0.6) is 11.5 Å². The SMILES string of the molecule is Cc1cccc(Oc2ccc(NC(=O)c3ccc(C(N)=O)cc3)cc2)c1. The van der Waals surface area contributed by atoms with Crippen molar-refractivity contribution in [2.24, 2.45) is 5.73 Å². The predicted molar refractivity (Wildman–Crippen MR) is 101 cm³/mol. The monoisotopic (exact) mass is 346 g/mol. The van der Waals surface area contributed by atoms with E-state index < -0.39 is 5.91 Å². The van der Waals surface area contributed by atoms with Gasteiger partial charge in [0.25, 0.3) is 5.91 Å². The molecule has 0 aromatic heterocycles. The number of carbonyl (C=O) groups excluding carboxylic acids is 2. The fraction of sp³-hybridized carbons (Fsp3) is 0.0476. The molecule has 3 rings (SSSR count). The fourth-order valence-electron chi connectivity index (χ4n) is 2.41. The van der Waals surface area contributed by atoms with Gasteiger partial charge >= 0.3 is 0 Å². The van der Waals surface area contributed by atoms with Crippen LogP contribution < -0.4 is 15.8 Å². The van der Waals surface area contributed by atoms with E-state index in [0.29, 0.717) is 22.6 Å². The van der Waals surface area contributed by atoms with Crippen LogP contribution in [0.2, 0.25) is 0 Å². The highest BCUT2D eigenvalue weighted by Gasteiger charge is 2.08. The Morgan fingerprint density at radius 1 is 0.846 bits per heavy atom. The molecule has 2 amide bonds. The van der Waals surface area contributed by atoms with Gasteiger partial charge in [0.15, 0.2) is 0 Å². The highest BCUT2D eigenvalue weighted by molar-refractivity contribution is 6.05. The van der Waals surface area contributed by atoms with Gasteiger partial charge in [-0.25, -0.2) is 0 Å². The number of nitrogens with one attached hydrogen (secondary N) is 1. The van der Waals surface area contributed by atoms with Crippen molar-refractivity contribution in [1.29, 1.82) is 0 Å². The number of hydrogen-bond acceptors (Lipinski definition) is 3. The van der Waals surface area contributed by atoms with Crippen molar-refractivity contribution in [2.45, 2.75) is 6.92 Å². The first-order valence-electron chi connectivity index (χ1n) is 8.07. The minimum absolute atomic E-state index is 0.270. The Labute approximate surface area is 151 Å². The molecule has 0 radical (unpaired) electrons. The summed E-state index contributed by atoms with van der Waals surface area (Å²) < 4.78 is 5.78. The number of anilines is 1. The van der Waals surface area contributed by atoms with E-state index in [1.165, 1.54) is 12.1 Å². The molecule has 5 heteroatoms. The van der Waals surface area contributed by atoms with Crippen LogP contribution in [0.3, 0.4) is 0 Å². The molecule has 0 aliphatic rings. The molecular weight excluding hydrogens is 328 g/mol. The van der Waals surface area contributed by atoms with Gasteiger partial charge in [0.2, 0.25) is 5.91 Å². The zero-order valence-corrected chi connectivity index (χ0v) is 14.2. The van der Waals surface area contributed by atoms with Crippen molar-refractivity contribution in [3.05, 3.63) is 89.5 Å². The molecule has 0 atom stereocenters. The number of ether oxygens (including phenoxy) is 1. The first-order valence-corrected chi connectivity index (χ1v) is 8.07. The summed E-state index contributed by atoms with van der Waals surface area (Å²) in [5.74, 6) is 0.644. The Morgan fingerprint density at radius 3 is 2.12 bits per heavy atom. The largest absolute Gasteiger partial charge is 0.457 e. The van der Waals surface area contributed by atoms with Crippen molar-refractivity contribution >= 4 is 17.5 Å². The molecule has 0 heterocycles. The highest BCUT2D eigenvalue weighted by atomic mass is 16.5. The zero-order chi connectivity index (χ0) is 18.5. The molecule has 0 bridgehead atoms. The Hall–Kier alpha value is -3.60. The van der Waals surface area contributed by atoms with Crippen molar-refractivity contribution < 1.29 is 14.3 Å². The van der Waals surface area contributed by atoms with Gasteiger partial charge in [0.1, 0.15) is 11.5 Å². The van der Waals surface area contributed by atoms with Gasteiger partial charge in [0.05, 0.1) is 0 Å². The quantitative estimate of drug-likeness (QED) is 0.728. The second-order valence-corrected chi connectivity index (χ2v) is 5.84. The molecular formula is C21H18N2O3. The third kappa shape index (κ3) is 4.27. The normalized spacial score (nSPS) is 10.2. The van der Waals surface area contributed by atoms with Gasteiger partial charge in [-0.1, -0.05) is 12.1 Å². The second-order valence-electron chi connectivity index (χ2n) is 5.84. The lowest BCUT2D eigenvalue weighted by molar-refractivity contribution is 0.0995. The van der Waals surface area contributed by atoms with Crippen LogP contribution in [0.1, 0.15) is 26.3 Å². The average Bonchev–Trinajstić information content (AvgIpc) is 2.63. The van der Waals surface area contributed by atoms with Crippen LogP contribution in [0.25, 0.3) is 0 Å². The number of carbonyl (C=O) groups is 2. The molecule has 0 saturated heterocycles. The predicted octanol–water partition coefficient (Wildman–Crippen LogP) is 4.14. The summed E-state index contributed by atoms with van der Waals surface area (Å²) in [5, 5.41) is 2.80. The van der Waals surface area contributed by atoms with Gasteiger partial charge < -0.3 is 15.8 Å². The Balaban J connectivity index is 1.65. The van der Waals surface area contributed by atoms with Gasteiger partial charge in [-0.2, -0.15) is 0 Å². The van der Waals surface area contributed by atoms with Crippen LogP contribution in [-0.4, -0.2) is 11.8 Å². The first-order chi connectivity index (χ1) is 12.5. The van der Waals surface area contributed by atoms with Crippen LogP contribution in [-0.2, 0) is 0 Å². The molecule has 0 unspecified atom stereocenters. The number of hydrogen-bond donors (Lipinski definition) is 2. The summed E-state index contributed by atoms with van der Waals surface area (Å²) in [6, 6.07) is 21.0. The lowest BCUT2D eigenvalue weighted by Crippen LogP contribution is -2.14. The molecule has 0 saturated carbocycles. The van der Waals surface area contributed by atoms with Gasteiger partial charge in [0, 0.05) is 16.8 Å². The van der Waals surface area contributed by atoms with Gasteiger partial charge in [-0.15, -0.1) is 0 Å². The third-order valence-corrected chi connectivity index (χ3v) is 3.77. The molecule has 26 heavy (non-hydrogen) atoms. The number of benzene rings is 3. The van der Waals surface area contributed by atoms with E-state index in [2.05, 4.69) is 5.32 Å². The summed E-state index contributed by atoms with van der Waals surface area (Å²) in [6.45, 7) is 2.00. The lowest BCUT2D eigenvalue weighted by atomic mass is 10.1. The number of primary amides is 1. The van der Waals surface area contributed by atoms with E-state index in [1.807, 2.05) is 31.2 Å². The minimum Gasteiger partial charge on any atom is -0.457 e. The molecule has 0 aliphatic heterocycles. The molecule has 0 spiro atoms. The van der Waals surface area contributed by atoms with Crippen molar-refractivity contribution in [1.82, 2.24) is 0 Å². The summed E-state index contributed by atoms with van der Waals surface area (Å²) in [5.41, 5.74) is 7.75. The van der Waals surface area contributed by atoms with Gasteiger partial charge in [-0.3, -0.25) is 9.59 Å². The van der Waals surface area contributed by atoms with E-state index >= 15 is 0 Å². The maximum Gasteiger partial charge on any atom is 0.255 e. The number of rotatable bonds is 5. The first kappa shape index (κ1) is 17.2. The van der Waals surface area contributed by atoms with E-state index in [4.69, 9.17) is 10.5 Å². The molecule has 130 valence electrons. The number of nitrogens with two attached hydrogens (primary N) is 1. The lowest BCUT2D eigenvalue weighted by Gasteiger charge is -2.09. The minimum atomic E-state index is -0.527. The van der Waals surface area contributed by atoms with Crippen LogP contribution >= 0.6 is 0 Å². The topological polar surface area (TPSA) is 81.4 Å². The van der Waals surface area contributed by atoms with E-state index in [1.54, 1.807) is 36.4 Å². The smallest absolute Gasteiger partial charge is 0.255 e. The summed E-state index contributed by atoms with van der Waals surface area (Å²) in [4.78, 5) is 23.3. The van der Waals surface area contributed by atoms with Crippen molar-refractivity contribution in [3.8, 4) is 11.5 Å². The molecule has 3 N–H and O–H groups in total. The Kier molecular flexibility index (Phi) is 4.99. The molecule has 3 aromatic carbocycles. The maximum atomic E-state index is 12.3. The second kappa shape index (κ2) is 7.53. The highest BCUT2D eigenvalue weighted by Crippen LogP contribution is 2.24. The van der Waals surface area contributed by atoms with E-state index in [0.717, 1.165) is 11.3 Å². The standard InChI is InChI=1S/C21H18N2O3/c1-14-3-2-4-19(13-14)26-18-11-9-17(10-12-18)23-21(25)16-7-5-15(6-8-16)20(22)24/h2-13H,1H3,(H2,22,24)(H,23,25). The third-order valence-electron chi connectivity index (χ3n) is 3.77. The van der Waals surface area contributed by atoms with Crippen LogP contribution in [0.15, 0.2) is 72.8 Å². The molecule has 3 aromatic rings. The Bertz CT molecular complexity index is 932. The number of aryl methyl sites for hydroxylation is 1. The molecule has 0 fully saturated rings.